The minimum atomic E-state index is -1.05. The van der Waals surface area contributed by atoms with E-state index in [-0.39, 0.29) is 35.4 Å². The average molecular weight is 535 g/mol. The number of carbonyl (C=O) groups excluding carboxylic acids is 5. The van der Waals surface area contributed by atoms with Crippen molar-refractivity contribution in [3.8, 4) is 0 Å². The van der Waals surface area contributed by atoms with Gasteiger partial charge in [0.1, 0.15) is 23.5 Å². The van der Waals surface area contributed by atoms with Gasteiger partial charge in [-0.3, -0.25) is 19.2 Å². The molecule has 2 rings (SSSR count). The van der Waals surface area contributed by atoms with Crippen LogP contribution in [0.3, 0.4) is 0 Å². The first-order valence-electron chi connectivity index (χ1n) is 11.2. The van der Waals surface area contributed by atoms with E-state index in [1.807, 2.05) is 6.26 Å². The van der Waals surface area contributed by atoms with Gasteiger partial charge in [-0.15, -0.1) is 11.8 Å². The molecule has 2 heterocycles. The van der Waals surface area contributed by atoms with E-state index in [9.17, 15) is 24.0 Å². The SMILES string of the molecule is C/C=C1\NC(=O)c2ccc(SC)c(n2)CNC(=O)C[C@@H](/C=C/CCSC(C)=O)OC(=O)[C@@H](C)NC1=O. The topological polar surface area (TPSA) is 144 Å². The number of carbonyl (C=O) groups is 5. The van der Waals surface area contributed by atoms with Crippen LogP contribution in [-0.4, -0.2) is 57.9 Å². The first-order valence-corrected chi connectivity index (χ1v) is 13.4. The fourth-order valence-corrected chi connectivity index (χ4v) is 4.16. The third-order valence-corrected chi connectivity index (χ3v) is 6.57. The number of ether oxygens (including phenoxy) is 1. The number of hydrogen-bond acceptors (Lipinski definition) is 9. The molecule has 1 aromatic heterocycles. The van der Waals surface area contributed by atoms with Gasteiger partial charge < -0.3 is 20.7 Å². The number of cyclic esters (lactones) is 1. The second-order valence-corrected chi connectivity index (χ2v) is 9.83. The van der Waals surface area contributed by atoms with Crippen molar-refractivity contribution in [1.82, 2.24) is 20.9 Å². The first kappa shape index (κ1) is 29.1. The normalized spacial score (nSPS) is 21.1. The predicted molar refractivity (Wildman–Crippen MR) is 138 cm³/mol. The number of aromatic nitrogens is 1. The molecule has 0 spiro atoms. The molecule has 194 valence electrons. The average Bonchev–Trinajstić information content (AvgIpc) is 2.84. The second-order valence-electron chi connectivity index (χ2n) is 7.71. The summed E-state index contributed by atoms with van der Waals surface area (Å²) < 4.78 is 5.49. The fourth-order valence-electron chi connectivity index (χ4n) is 3.06. The zero-order valence-electron chi connectivity index (χ0n) is 20.6. The van der Waals surface area contributed by atoms with Crippen molar-refractivity contribution in [3.05, 3.63) is 47.4 Å². The van der Waals surface area contributed by atoms with Crippen molar-refractivity contribution in [2.75, 3.05) is 12.0 Å². The molecule has 0 fully saturated rings. The Morgan fingerprint density at radius 1 is 1.22 bits per heavy atom. The van der Waals surface area contributed by atoms with Gasteiger partial charge in [-0.25, -0.2) is 9.78 Å². The molecule has 2 atom stereocenters. The molecule has 12 heteroatoms. The van der Waals surface area contributed by atoms with Gasteiger partial charge in [-0.1, -0.05) is 23.9 Å². The van der Waals surface area contributed by atoms with Crippen molar-refractivity contribution in [2.24, 2.45) is 0 Å². The van der Waals surface area contributed by atoms with Gasteiger partial charge in [0.15, 0.2) is 5.12 Å². The van der Waals surface area contributed by atoms with Crippen molar-refractivity contribution in [1.29, 1.82) is 0 Å². The molecule has 10 nitrogen and oxygen atoms in total. The lowest BCUT2D eigenvalue weighted by molar-refractivity contribution is -0.151. The largest absolute Gasteiger partial charge is 0.456 e. The predicted octanol–water partition coefficient (Wildman–Crippen LogP) is 2.10. The van der Waals surface area contributed by atoms with E-state index >= 15 is 0 Å². The highest BCUT2D eigenvalue weighted by molar-refractivity contribution is 8.13. The van der Waals surface area contributed by atoms with Crippen LogP contribution in [0, 0.1) is 0 Å². The monoisotopic (exact) mass is 534 g/mol. The highest BCUT2D eigenvalue weighted by Gasteiger charge is 2.25. The first-order chi connectivity index (χ1) is 17.1. The number of allylic oxidation sites excluding steroid dienone is 2. The van der Waals surface area contributed by atoms with Gasteiger partial charge in [-0.05, 0) is 44.7 Å². The van der Waals surface area contributed by atoms with Crippen LogP contribution in [0.4, 0.5) is 0 Å². The molecule has 0 saturated heterocycles. The number of amides is 3. The Kier molecular flexibility index (Phi) is 11.7. The van der Waals surface area contributed by atoms with E-state index < -0.39 is 29.9 Å². The maximum atomic E-state index is 12.7. The lowest BCUT2D eigenvalue weighted by atomic mass is 10.2. The van der Waals surface area contributed by atoms with Crippen molar-refractivity contribution in [2.45, 2.75) is 57.2 Å². The van der Waals surface area contributed by atoms with E-state index in [2.05, 4.69) is 20.9 Å². The van der Waals surface area contributed by atoms with Crippen molar-refractivity contribution < 1.29 is 28.7 Å². The lowest BCUT2D eigenvalue weighted by Gasteiger charge is -2.20. The second kappa shape index (κ2) is 14.4. The third kappa shape index (κ3) is 9.15. The van der Waals surface area contributed by atoms with E-state index in [1.54, 1.807) is 25.1 Å². The molecule has 1 aromatic rings. The number of nitrogens with zero attached hydrogens (tertiary/aromatic N) is 1. The van der Waals surface area contributed by atoms with Crippen molar-refractivity contribution in [3.63, 3.8) is 0 Å². The standard InChI is InChI=1S/C24H30N4O6S2/c1-5-17-22(31)26-14(2)24(33)34-16(8-6-7-11-36-15(3)29)12-21(30)25-13-19-20(35-4)10-9-18(27-19)23(32)28-17/h5-6,8-10,14,16H,7,11-13H2,1-4H3,(H,25,30)(H,26,31)(H,28,32)/b8-6+,17-5-/t14-,16-/m1/s1. The molecular formula is C24H30N4O6S2. The number of pyridine rings is 1. The Morgan fingerprint density at radius 3 is 2.64 bits per heavy atom. The Hall–Kier alpha value is -3.12. The Bertz CT molecular complexity index is 1070. The summed E-state index contributed by atoms with van der Waals surface area (Å²) in [5, 5.41) is 7.77. The molecular weight excluding hydrogens is 504 g/mol. The number of hydrogen-bond donors (Lipinski definition) is 3. The smallest absolute Gasteiger partial charge is 0.328 e. The van der Waals surface area contributed by atoms with Crippen molar-refractivity contribution >= 4 is 52.3 Å². The summed E-state index contributed by atoms with van der Waals surface area (Å²) in [5.74, 6) is -1.85. The molecule has 1 aliphatic heterocycles. The van der Waals surface area contributed by atoms with Crippen LogP contribution in [0.1, 0.15) is 49.8 Å². The summed E-state index contributed by atoms with van der Waals surface area (Å²) in [6, 6.07) is 2.21. The molecule has 3 amide bonds. The zero-order chi connectivity index (χ0) is 26.7. The van der Waals surface area contributed by atoms with Crippen LogP contribution in [0.2, 0.25) is 0 Å². The number of esters is 1. The van der Waals surface area contributed by atoms with Crippen LogP contribution >= 0.6 is 23.5 Å². The molecule has 0 radical (unpaired) electrons. The van der Waals surface area contributed by atoms with Crippen LogP contribution in [0.15, 0.2) is 41.0 Å². The minimum absolute atomic E-state index is 0.00228. The summed E-state index contributed by atoms with van der Waals surface area (Å²) >= 11 is 2.59. The number of thioether (sulfide) groups is 2. The molecule has 3 N–H and O–H groups in total. The maximum Gasteiger partial charge on any atom is 0.328 e. The summed E-state index contributed by atoms with van der Waals surface area (Å²) in [7, 11) is 0. The van der Waals surface area contributed by atoms with E-state index in [4.69, 9.17) is 4.74 Å². The van der Waals surface area contributed by atoms with Crippen LogP contribution in [0.25, 0.3) is 0 Å². The maximum absolute atomic E-state index is 12.7. The van der Waals surface area contributed by atoms with Crippen LogP contribution in [0.5, 0.6) is 0 Å². The fraction of sp³-hybridized carbons (Fsp3) is 0.417. The highest BCUT2D eigenvalue weighted by atomic mass is 32.2. The quantitative estimate of drug-likeness (QED) is 0.170. The van der Waals surface area contributed by atoms with Crippen LogP contribution < -0.4 is 16.0 Å². The molecule has 2 bridgehead atoms. The van der Waals surface area contributed by atoms with Gasteiger partial charge in [0.05, 0.1) is 18.7 Å². The van der Waals surface area contributed by atoms with E-state index in [0.717, 1.165) is 4.90 Å². The highest BCUT2D eigenvalue weighted by Crippen LogP contribution is 2.19. The van der Waals surface area contributed by atoms with Gasteiger partial charge in [0.2, 0.25) is 5.91 Å². The van der Waals surface area contributed by atoms with Crippen LogP contribution in [-0.2, 0) is 30.5 Å². The lowest BCUT2D eigenvalue weighted by Crippen LogP contribution is -2.44. The minimum Gasteiger partial charge on any atom is -0.456 e. The third-order valence-electron chi connectivity index (χ3n) is 4.92. The number of rotatable bonds is 5. The molecule has 0 aliphatic carbocycles. The zero-order valence-corrected chi connectivity index (χ0v) is 22.2. The van der Waals surface area contributed by atoms with Gasteiger partial charge in [0.25, 0.3) is 11.8 Å². The molecule has 0 aromatic carbocycles. The van der Waals surface area contributed by atoms with E-state index in [1.165, 1.54) is 49.5 Å². The Balaban J connectivity index is 2.32. The summed E-state index contributed by atoms with van der Waals surface area (Å²) in [5.41, 5.74) is 0.519. The van der Waals surface area contributed by atoms with E-state index in [0.29, 0.717) is 17.9 Å². The summed E-state index contributed by atoms with van der Waals surface area (Å²) in [6.07, 6.45) is 6.11. The number of fused-ring (bicyclic) bond motifs is 2. The number of nitrogens with one attached hydrogen (secondary N) is 3. The Labute approximate surface area is 218 Å². The summed E-state index contributed by atoms with van der Waals surface area (Å²) in [6.45, 7) is 4.56. The molecule has 1 aliphatic rings. The van der Waals surface area contributed by atoms with Gasteiger partial charge in [-0.2, -0.15) is 0 Å². The van der Waals surface area contributed by atoms with Gasteiger partial charge in [0, 0.05) is 17.6 Å². The molecule has 0 unspecified atom stereocenters. The molecule has 0 saturated carbocycles. The Morgan fingerprint density at radius 2 is 1.97 bits per heavy atom. The van der Waals surface area contributed by atoms with Gasteiger partial charge >= 0.3 is 5.97 Å². The molecule has 36 heavy (non-hydrogen) atoms. The summed E-state index contributed by atoms with van der Waals surface area (Å²) in [4.78, 5) is 66.9.